The molecule has 1 saturated heterocycles. The maximum absolute atomic E-state index is 10.6. The molecule has 108 valence electrons. The van der Waals surface area contributed by atoms with Gasteiger partial charge in [0.25, 0.3) is 0 Å². The molecule has 2 heterocycles. The molecule has 0 aliphatic carbocycles. The van der Waals surface area contributed by atoms with Crippen molar-refractivity contribution >= 4 is 17.0 Å². The Morgan fingerprint density at radius 1 is 1.35 bits per heavy atom. The van der Waals surface area contributed by atoms with E-state index in [2.05, 4.69) is 15.6 Å². The van der Waals surface area contributed by atoms with Crippen LogP contribution in [-0.2, 0) is 11.8 Å². The molecular formula is C15H21N3O2. The van der Waals surface area contributed by atoms with Crippen molar-refractivity contribution in [2.24, 2.45) is 7.05 Å². The second kappa shape index (κ2) is 5.07. The predicted molar refractivity (Wildman–Crippen MR) is 79.0 cm³/mol. The number of nitrogens with zero attached hydrogens (tertiary/aromatic N) is 3. The number of aromatic nitrogens is 2. The van der Waals surface area contributed by atoms with Gasteiger partial charge in [0, 0.05) is 46.7 Å². The van der Waals surface area contributed by atoms with Crippen LogP contribution in [-0.4, -0.2) is 47.1 Å². The van der Waals surface area contributed by atoms with Crippen LogP contribution in [0.25, 0.3) is 11.0 Å². The first-order valence-corrected chi connectivity index (χ1v) is 7.02. The van der Waals surface area contributed by atoms with Gasteiger partial charge in [-0.3, -0.25) is 0 Å². The lowest BCUT2D eigenvalue weighted by molar-refractivity contribution is -0.0574. The minimum absolute atomic E-state index is 0.577. The lowest BCUT2D eigenvalue weighted by Gasteiger charge is -2.35. The third kappa shape index (κ3) is 2.39. The summed E-state index contributed by atoms with van der Waals surface area (Å²) in [7, 11) is 3.99. The van der Waals surface area contributed by atoms with E-state index in [9.17, 15) is 5.11 Å². The van der Waals surface area contributed by atoms with Gasteiger partial charge in [-0.05, 0) is 12.1 Å². The van der Waals surface area contributed by atoms with Gasteiger partial charge in [-0.1, -0.05) is 12.1 Å². The fourth-order valence-corrected chi connectivity index (χ4v) is 2.90. The fourth-order valence-electron chi connectivity index (χ4n) is 2.90. The zero-order valence-electron chi connectivity index (χ0n) is 12.0. The Hall–Kier alpha value is -1.59. The van der Waals surface area contributed by atoms with E-state index in [1.54, 1.807) is 0 Å². The third-order valence-electron chi connectivity index (χ3n) is 4.06. The zero-order chi connectivity index (χ0) is 14.2. The van der Waals surface area contributed by atoms with Crippen LogP contribution in [0.5, 0.6) is 0 Å². The molecule has 5 heteroatoms. The number of hydrogen-bond donors (Lipinski definition) is 1. The molecule has 0 amide bonds. The maximum atomic E-state index is 10.6. The van der Waals surface area contributed by atoms with Crippen LogP contribution in [0.3, 0.4) is 0 Å². The highest BCUT2D eigenvalue weighted by Crippen LogP contribution is 2.25. The number of para-hydroxylation sites is 2. The van der Waals surface area contributed by atoms with E-state index in [4.69, 9.17) is 4.74 Å². The van der Waals surface area contributed by atoms with Crippen molar-refractivity contribution in [3.05, 3.63) is 24.3 Å². The van der Waals surface area contributed by atoms with E-state index in [0.29, 0.717) is 32.6 Å². The van der Waals surface area contributed by atoms with Crippen LogP contribution in [0.2, 0.25) is 0 Å². The summed E-state index contributed by atoms with van der Waals surface area (Å²) in [4.78, 5) is 6.69. The molecule has 5 nitrogen and oxygen atoms in total. The quantitative estimate of drug-likeness (QED) is 0.923. The molecule has 0 atom stereocenters. The molecule has 20 heavy (non-hydrogen) atoms. The van der Waals surface area contributed by atoms with Gasteiger partial charge in [0.15, 0.2) is 0 Å². The molecular weight excluding hydrogens is 254 g/mol. The van der Waals surface area contributed by atoms with Gasteiger partial charge in [0.2, 0.25) is 5.95 Å². The van der Waals surface area contributed by atoms with Crippen molar-refractivity contribution in [1.82, 2.24) is 9.55 Å². The average molecular weight is 275 g/mol. The highest BCUT2D eigenvalue weighted by Gasteiger charge is 2.32. The van der Waals surface area contributed by atoms with Crippen LogP contribution in [0.1, 0.15) is 12.8 Å². The monoisotopic (exact) mass is 275 g/mol. The molecule has 0 bridgehead atoms. The molecule has 0 saturated carbocycles. The van der Waals surface area contributed by atoms with Crippen LogP contribution >= 0.6 is 0 Å². The number of anilines is 1. The summed E-state index contributed by atoms with van der Waals surface area (Å²) in [5, 5.41) is 10.6. The maximum Gasteiger partial charge on any atom is 0.206 e. The SMILES string of the molecule is CN(CC1(O)CCOCC1)c1nc2ccccc2n1C. The number of aryl methyl sites for hydroxylation is 1. The smallest absolute Gasteiger partial charge is 0.206 e. The number of aliphatic hydroxyl groups is 1. The third-order valence-corrected chi connectivity index (χ3v) is 4.06. The van der Waals surface area contributed by atoms with Gasteiger partial charge in [-0.15, -0.1) is 0 Å². The highest BCUT2D eigenvalue weighted by molar-refractivity contribution is 5.78. The topological polar surface area (TPSA) is 50.5 Å². The van der Waals surface area contributed by atoms with Crippen LogP contribution < -0.4 is 4.90 Å². The average Bonchev–Trinajstić information content (AvgIpc) is 2.77. The van der Waals surface area contributed by atoms with Crippen LogP contribution in [0, 0.1) is 0 Å². The van der Waals surface area contributed by atoms with E-state index in [1.165, 1.54) is 0 Å². The molecule has 0 spiro atoms. The normalized spacial score (nSPS) is 18.4. The van der Waals surface area contributed by atoms with E-state index in [0.717, 1.165) is 17.0 Å². The van der Waals surface area contributed by atoms with Gasteiger partial charge < -0.3 is 19.3 Å². The second-order valence-corrected chi connectivity index (χ2v) is 5.65. The minimum atomic E-state index is -0.675. The summed E-state index contributed by atoms with van der Waals surface area (Å²) < 4.78 is 7.39. The molecule has 2 aromatic rings. The standard InChI is InChI=1S/C15H21N3O2/c1-17(11-15(19)7-9-20-10-8-15)14-16-12-5-3-4-6-13(12)18(14)2/h3-6,19H,7-11H2,1-2H3. The molecule has 1 fully saturated rings. The number of ether oxygens (including phenoxy) is 1. The highest BCUT2D eigenvalue weighted by atomic mass is 16.5. The summed E-state index contributed by atoms with van der Waals surface area (Å²) in [6.45, 7) is 1.84. The van der Waals surface area contributed by atoms with Crippen molar-refractivity contribution in [2.45, 2.75) is 18.4 Å². The van der Waals surface area contributed by atoms with Crippen molar-refractivity contribution in [3.8, 4) is 0 Å². The predicted octanol–water partition coefficient (Wildman–Crippen LogP) is 1.55. The zero-order valence-corrected chi connectivity index (χ0v) is 12.0. The number of likely N-dealkylation sites (N-methyl/N-ethyl adjacent to an activating group) is 1. The Morgan fingerprint density at radius 2 is 2.05 bits per heavy atom. The molecule has 3 rings (SSSR count). The Kier molecular flexibility index (Phi) is 3.40. The molecule has 1 aliphatic heterocycles. The molecule has 1 N–H and O–H groups in total. The molecule has 0 radical (unpaired) electrons. The lowest BCUT2D eigenvalue weighted by Crippen LogP contribution is -2.46. The van der Waals surface area contributed by atoms with E-state index in [-0.39, 0.29) is 0 Å². The van der Waals surface area contributed by atoms with E-state index >= 15 is 0 Å². The van der Waals surface area contributed by atoms with Gasteiger partial charge in [-0.25, -0.2) is 4.98 Å². The Balaban J connectivity index is 1.85. The number of fused-ring (bicyclic) bond motifs is 1. The van der Waals surface area contributed by atoms with E-state index in [1.807, 2.05) is 37.2 Å². The van der Waals surface area contributed by atoms with Crippen LogP contribution in [0.15, 0.2) is 24.3 Å². The first-order chi connectivity index (χ1) is 9.59. The number of hydrogen-bond acceptors (Lipinski definition) is 4. The molecule has 1 aromatic heterocycles. The van der Waals surface area contributed by atoms with Crippen molar-refractivity contribution in [2.75, 3.05) is 31.7 Å². The molecule has 0 unspecified atom stereocenters. The summed E-state index contributed by atoms with van der Waals surface area (Å²) >= 11 is 0. The minimum Gasteiger partial charge on any atom is -0.388 e. The van der Waals surface area contributed by atoms with Crippen molar-refractivity contribution in [1.29, 1.82) is 0 Å². The van der Waals surface area contributed by atoms with Gasteiger partial charge >= 0.3 is 0 Å². The summed E-state index contributed by atoms with van der Waals surface area (Å²) in [5.74, 6) is 0.881. The Labute approximate surface area is 118 Å². The van der Waals surface area contributed by atoms with Gasteiger partial charge in [0.1, 0.15) is 0 Å². The Morgan fingerprint density at radius 3 is 2.75 bits per heavy atom. The first kappa shape index (κ1) is 13.4. The summed E-state index contributed by atoms with van der Waals surface area (Å²) in [6, 6.07) is 8.07. The first-order valence-electron chi connectivity index (χ1n) is 7.02. The summed E-state index contributed by atoms with van der Waals surface area (Å²) in [6.07, 6.45) is 1.36. The Bertz CT molecular complexity index is 602. The number of rotatable bonds is 3. The number of benzene rings is 1. The van der Waals surface area contributed by atoms with Crippen molar-refractivity contribution in [3.63, 3.8) is 0 Å². The number of imidazole rings is 1. The molecule has 1 aromatic carbocycles. The fraction of sp³-hybridized carbons (Fsp3) is 0.533. The summed E-state index contributed by atoms with van der Waals surface area (Å²) in [5.41, 5.74) is 1.41. The van der Waals surface area contributed by atoms with Gasteiger partial charge in [0.05, 0.1) is 16.6 Å². The molecule has 1 aliphatic rings. The lowest BCUT2D eigenvalue weighted by atomic mass is 9.94. The van der Waals surface area contributed by atoms with E-state index < -0.39 is 5.60 Å². The van der Waals surface area contributed by atoms with Crippen LogP contribution in [0.4, 0.5) is 5.95 Å². The largest absolute Gasteiger partial charge is 0.388 e. The second-order valence-electron chi connectivity index (χ2n) is 5.65. The van der Waals surface area contributed by atoms with Gasteiger partial charge in [-0.2, -0.15) is 0 Å². The van der Waals surface area contributed by atoms with Crippen molar-refractivity contribution < 1.29 is 9.84 Å².